The van der Waals surface area contributed by atoms with E-state index >= 15 is 0 Å². The minimum absolute atomic E-state index is 0.116. The molecule has 18 heavy (non-hydrogen) atoms. The summed E-state index contributed by atoms with van der Waals surface area (Å²) in [5, 5.41) is 0. The molecule has 0 fully saturated rings. The molecule has 0 spiro atoms. The fourth-order valence-corrected chi connectivity index (χ4v) is 2.14. The molecule has 0 unspecified atom stereocenters. The van der Waals surface area contributed by atoms with Crippen molar-refractivity contribution in [2.24, 2.45) is 0 Å². The Bertz CT molecular complexity index is 599. The Morgan fingerprint density at radius 3 is 2.39 bits per heavy atom. The summed E-state index contributed by atoms with van der Waals surface area (Å²) in [7, 11) is 1.53. The number of hydrogen-bond acceptors (Lipinski definition) is 4. The van der Waals surface area contributed by atoms with Crippen molar-refractivity contribution >= 4 is 11.6 Å². The Hall–Kier alpha value is -2.20. The highest BCUT2D eigenvalue weighted by atomic mass is 16.5. The molecule has 0 N–H and O–H groups in total. The zero-order chi connectivity index (χ0) is 12.7. The summed E-state index contributed by atoms with van der Waals surface area (Å²) >= 11 is 0. The minimum atomic E-state index is -0.248. The van der Waals surface area contributed by atoms with E-state index in [1.165, 1.54) is 7.11 Å². The smallest absolute Gasteiger partial charge is 0.229 e. The molecule has 4 nitrogen and oxygen atoms in total. The molecular weight excluding hydrogens is 232 g/mol. The van der Waals surface area contributed by atoms with Crippen molar-refractivity contribution in [1.82, 2.24) is 0 Å². The molecule has 90 valence electrons. The van der Waals surface area contributed by atoms with Crippen LogP contribution in [0.15, 0.2) is 34.7 Å². The molecule has 0 amide bonds. The van der Waals surface area contributed by atoms with Gasteiger partial charge < -0.3 is 9.15 Å². The van der Waals surface area contributed by atoms with E-state index in [2.05, 4.69) is 0 Å². The summed E-state index contributed by atoms with van der Waals surface area (Å²) in [5.74, 6) is 0.177. The molecule has 1 aromatic carbocycles. The van der Waals surface area contributed by atoms with Gasteiger partial charge in [0.1, 0.15) is 12.4 Å². The third kappa shape index (κ3) is 1.43. The summed E-state index contributed by atoms with van der Waals surface area (Å²) in [6.45, 7) is 0.240. The van der Waals surface area contributed by atoms with Crippen molar-refractivity contribution in [3.63, 3.8) is 0 Å². The number of benzene rings is 1. The number of ether oxygens (including phenoxy) is 1. The van der Waals surface area contributed by atoms with E-state index in [1.807, 2.05) is 0 Å². The van der Waals surface area contributed by atoms with E-state index in [4.69, 9.17) is 9.15 Å². The number of methoxy groups -OCH3 is 1. The number of furan rings is 1. The lowest BCUT2D eigenvalue weighted by molar-refractivity contribution is 0.0955. The molecule has 1 heterocycles. The lowest BCUT2D eigenvalue weighted by atomic mass is 9.89. The molecule has 0 radical (unpaired) electrons. The highest BCUT2D eigenvalue weighted by Crippen LogP contribution is 2.29. The van der Waals surface area contributed by atoms with E-state index in [9.17, 15) is 9.59 Å². The van der Waals surface area contributed by atoms with Crippen LogP contribution in [0.3, 0.4) is 0 Å². The van der Waals surface area contributed by atoms with Gasteiger partial charge in [-0.2, -0.15) is 0 Å². The zero-order valence-corrected chi connectivity index (χ0v) is 9.73. The third-order valence-electron chi connectivity index (χ3n) is 2.94. The predicted molar refractivity (Wildman–Crippen MR) is 62.7 cm³/mol. The van der Waals surface area contributed by atoms with Crippen molar-refractivity contribution in [2.45, 2.75) is 6.61 Å². The summed E-state index contributed by atoms with van der Waals surface area (Å²) < 4.78 is 10.3. The number of carbonyl (C=O) groups is 2. The summed E-state index contributed by atoms with van der Waals surface area (Å²) in [5.41, 5.74) is 1.15. The van der Waals surface area contributed by atoms with Gasteiger partial charge in [-0.05, 0) is 6.07 Å². The van der Waals surface area contributed by atoms with Gasteiger partial charge in [0.15, 0.2) is 11.5 Å². The van der Waals surface area contributed by atoms with Gasteiger partial charge in [-0.15, -0.1) is 0 Å². The number of hydrogen-bond donors (Lipinski definition) is 0. The molecular formula is C14H10O4. The first-order valence-electron chi connectivity index (χ1n) is 5.52. The Morgan fingerprint density at radius 1 is 1.06 bits per heavy atom. The maximum Gasteiger partial charge on any atom is 0.229 e. The normalized spacial score (nSPS) is 13.4. The Labute approximate surface area is 103 Å². The second-order valence-electron chi connectivity index (χ2n) is 4.09. The zero-order valence-electron chi connectivity index (χ0n) is 9.73. The van der Waals surface area contributed by atoms with E-state index in [1.54, 1.807) is 30.3 Å². The fourth-order valence-electron chi connectivity index (χ4n) is 2.14. The Balaban J connectivity index is 2.18. The molecule has 2 aromatic rings. The first-order valence-corrected chi connectivity index (χ1v) is 5.52. The van der Waals surface area contributed by atoms with E-state index in [0.29, 0.717) is 22.5 Å². The van der Waals surface area contributed by atoms with Gasteiger partial charge in [0, 0.05) is 18.2 Å². The highest BCUT2D eigenvalue weighted by Gasteiger charge is 2.33. The van der Waals surface area contributed by atoms with Gasteiger partial charge in [-0.1, -0.05) is 24.3 Å². The van der Waals surface area contributed by atoms with Crippen LogP contribution in [0.4, 0.5) is 0 Å². The highest BCUT2D eigenvalue weighted by molar-refractivity contribution is 6.27. The van der Waals surface area contributed by atoms with Crippen molar-refractivity contribution in [3.05, 3.63) is 58.5 Å². The maximum absolute atomic E-state index is 12.2. The summed E-state index contributed by atoms with van der Waals surface area (Å²) in [4.78, 5) is 24.4. The fraction of sp³-hybridized carbons (Fsp3) is 0.143. The van der Waals surface area contributed by atoms with E-state index in [-0.39, 0.29) is 23.9 Å². The monoisotopic (exact) mass is 242 g/mol. The van der Waals surface area contributed by atoms with Crippen molar-refractivity contribution < 1.29 is 18.7 Å². The lowest BCUT2D eigenvalue weighted by Gasteiger charge is -2.11. The van der Waals surface area contributed by atoms with E-state index < -0.39 is 0 Å². The van der Waals surface area contributed by atoms with Crippen molar-refractivity contribution in [1.29, 1.82) is 0 Å². The van der Waals surface area contributed by atoms with Gasteiger partial charge in [0.05, 0.1) is 5.56 Å². The standard InChI is InChI=1S/C14H10O4/c1-17-7-8-6-11-12(15)9-4-2-3-5-10(9)13(16)14(11)18-8/h2-6H,7H2,1H3. The van der Waals surface area contributed by atoms with Crippen LogP contribution >= 0.6 is 0 Å². The molecule has 1 aliphatic carbocycles. The van der Waals surface area contributed by atoms with Crippen LogP contribution in [0.1, 0.15) is 37.8 Å². The average Bonchev–Trinajstić information content (AvgIpc) is 2.81. The molecule has 1 aromatic heterocycles. The van der Waals surface area contributed by atoms with Gasteiger partial charge in [-0.25, -0.2) is 0 Å². The quantitative estimate of drug-likeness (QED) is 0.691. The Morgan fingerprint density at radius 2 is 1.72 bits per heavy atom. The third-order valence-corrected chi connectivity index (χ3v) is 2.94. The number of fused-ring (bicyclic) bond motifs is 2. The van der Waals surface area contributed by atoms with Crippen LogP contribution in [0.25, 0.3) is 0 Å². The van der Waals surface area contributed by atoms with Crippen LogP contribution in [-0.2, 0) is 11.3 Å². The van der Waals surface area contributed by atoms with Crippen molar-refractivity contribution in [3.8, 4) is 0 Å². The first-order chi connectivity index (χ1) is 8.72. The van der Waals surface area contributed by atoms with Crippen LogP contribution in [0, 0.1) is 0 Å². The van der Waals surface area contributed by atoms with Gasteiger partial charge in [-0.3, -0.25) is 9.59 Å². The average molecular weight is 242 g/mol. The van der Waals surface area contributed by atoms with E-state index in [0.717, 1.165) is 0 Å². The summed E-state index contributed by atoms with van der Waals surface area (Å²) in [6.07, 6.45) is 0. The largest absolute Gasteiger partial charge is 0.454 e. The molecule has 0 atom stereocenters. The number of ketones is 2. The summed E-state index contributed by atoms with van der Waals surface area (Å²) in [6, 6.07) is 8.34. The maximum atomic E-state index is 12.2. The molecule has 0 bridgehead atoms. The first kappa shape index (κ1) is 10.9. The van der Waals surface area contributed by atoms with Crippen LogP contribution in [0.2, 0.25) is 0 Å². The lowest BCUT2D eigenvalue weighted by Crippen LogP contribution is -2.18. The van der Waals surface area contributed by atoms with Crippen LogP contribution in [-0.4, -0.2) is 18.7 Å². The van der Waals surface area contributed by atoms with Crippen LogP contribution in [0.5, 0.6) is 0 Å². The molecule has 1 aliphatic rings. The molecule has 0 aliphatic heterocycles. The van der Waals surface area contributed by atoms with Gasteiger partial charge >= 0.3 is 0 Å². The van der Waals surface area contributed by atoms with Gasteiger partial charge in [0.2, 0.25) is 5.78 Å². The number of rotatable bonds is 2. The SMILES string of the molecule is COCc1cc2c(o1)C(=O)c1ccccc1C2=O. The topological polar surface area (TPSA) is 56.5 Å². The van der Waals surface area contributed by atoms with Crippen LogP contribution < -0.4 is 0 Å². The van der Waals surface area contributed by atoms with Gasteiger partial charge in [0.25, 0.3) is 0 Å². The Kier molecular flexibility index (Phi) is 2.38. The predicted octanol–water partition coefficient (Wildman–Crippen LogP) is 2.20. The second-order valence-corrected chi connectivity index (χ2v) is 4.09. The van der Waals surface area contributed by atoms with Crippen molar-refractivity contribution in [2.75, 3.05) is 7.11 Å². The number of carbonyl (C=O) groups excluding carboxylic acids is 2. The molecule has 0 saturated heterocycles. The molecule has 4 heteroatoms. The molecule has 3 rings (SSSR count). The second kappa shape index (κ2) is 3.92. The molecule has 0 saturated carbocycles. The minimum Gasteiger partial charge on any atom is -0.454 e.